The monoisotopic (exact) mass is 472 g/mol. The van der Waals surface area contributed by atoms with Crippen LogP contribution in [0.2, 0.25) is 0 Å². The van der Waals surface area contributed by atoms with E-state index in [0.717, 1.165) is 18.4 Å². The smallest absolute Gasteiger partial charge is 0.251 e. The Morgan fingerprint density at radius 2 is 1.68 bits per heavy atom. The van der Waals surface area contributed by atoms with Crippen molar-refractivity contribution in [2.45, 2.75) is 52.9 Å². The predicted octanol–water partition coefficient (Wildman–Crippen LogP) is 4.40. The molecule has 1 N–H and O–H groups in total. The molecule has 0 heterocycles. The van der Waals surface area contributed by atoms with Crippen LogP contribution in [0, 0.1) is 0 Å². The first-order valence-corrected chi connectivity index (χ1v) is 12.1. The van der Waals surface area contributed by atoms with Crippen molar-refractivity contribution in [3.63, 3.8) is 0 Å². The van der Waals surface area contributed by atoms with Crippen molar-refractivity contribution in [1.29, 1.82) is 0 Å². The summed E-state index contributed by atoms with van der Waals surface area (Å²) in [6, 6.07) is 15.2. The Bertz CT molecular complexity index is 1030. The molecule has 186 valence electrons. The van der Waals surface area contributed by atoms with E-state index in [2.05, 4.69) is 5.32 Å². The second-order valence-corrected chi connectivity index (χ2v) is 8.11. The summed E-state index contributed by atoms with van der Waals surface area (Å²) >= 11 is 0. The number of likely N-dealkylation sites (N-methyl/N-ethyl adjacent to an activating group) is 1. The number of nitrogens with zero attached hydrogens (tertiary/aromatic N) is 2. The molecule has 2 aromatic carbocycles. The van der Waals surface area contributed by atoms with E-state index in [0.29, 0.717) is 30.8 Å². The molecule has 1 atom stereocenters. The van der Waals surface area contributed by atoms with Gasteiger partial charge in [-0.05, 0) is 55.7 Å². The highest BCUT2D eigenvalue weighted by Crippen LogP contribution is 2.15. The van der Waals surface area contributed by atoms with Crippen molar-refractivity contribution in [2.75, 3.05) is 39.3 Å². The first-order valence-electron chi connectivity index (χ1n) is 14.6. The van der Waals surface area contributed by atoms with Crippen molar-refractivity contribution in [2.24, 2.45) is 0 Å². The molecule has 0 aliphatic rings. The highest BCUT2D eigenvalue weighted by atomic mass is 16.5. The van der Waals surface area contributed by atoms with E-state index in [9.17, 15) is 9.59 Å². The fraction of sp³-hybridized carbons (Fsp3) is 0.500. The Balaban J connectivity index is 2.10. The maximum Gasteiger partial charge on any atom is 0.251 e. The normalized spacial score (nSPS) is 14.8. The number of benzene rings is 2. The van der Waals surface area contributed by atoms with Gasteiger partial charge in [0.05, 0.1) is 0 Å². The van der Waals surface area contributed by atoms with Crippen LogP contribution in [-0.4, -0.2) is 66.9 Å². The van der Waals surface area contributed by atoms with E-state index in [1.165, 1.54) is 4.90 Å². The molecule has 2 amide bonds. The molecule has 0 aliphatic carbocycles. The third-order valence-corrected chi connectivity index (χ3v) is 5.47. The number of carbonyl (C=O) groups excluding carboxylic acids is 2. The Hall–Kier alpha value is -2.86. The number of hydrogen-bond acceptors (Lipinski definition) is 4. The quantitative estimate of drug-likeness (QED) is 0.417. The third-order valence-electron chi connectivity index (χ3n) is 5.47. The molecule has 0 spiro atoms. The summed E-state index contributed by atoms with van der Waals surface area (Å²) in [5.41, 5.74) is 1.33. The van der Waals surface area contributed by atoms with Gasteiger partial charge in [-0.2, -0.15) is 0 Å². The molecule has 0 fully saturated rings. The van der Waals surface area contributed by atoms with Gasteiger partial charge in [-0.1, -0.05) is 58.0 Å². The summed E-state index contributed by atoms with van der Waals surface area (Å²) in [5, 5.41) is 2.92. The van der Waals surface area contributed by atoms with Crippen LogP contribution in [0.15, 0.2) is 54.6 Å². The van der Waals surface area contributed by atoms with Gasteiger partial charge in [-0.15, -0.1) is 0 Å². The first-order chi connectivity index (χ1) is 18.4. The van der Waals surface area contributed by atoms with Gasteiger partial charge in [-0.3, -0.25) is 9.59 Å². The number of ether oxygens (including phenoxy) is 1. The number of nitrogens with one attached hydrogen (secondary N) is 1. The summed E-state index contributed by atoms with van der Waals surface area (Å²) in [6.45, 7) is 2.20. The van der Waals surface area contributed by atoms with Crippen molar-refractivity contribution in [1.82, 2.24) is 15.1 Å². The van der Waals surface area contributed by atoms with Gasteiger partial charge in [0.15, 0.2) is 0 Å². The van der Waals surface area contributed by atoms with Gasteiger partial charge in [0.1, 0.15) is 18.4 Å². The van der Waals surface area contributed by atoms with Crippen LogP contribution in [0.4, 0.5) is 0 Å². The molecule has 0 bridgehead atoms. The molecule has 1 unspecified atom stereocenters. The fourth-order valence-corrected chi connectivity index (χ4v) is 3.65. The predicted molar refractivity (Wildman–Crippen MR) is 138 cm³/mol. The molecule has 0 saturated heterocycles. The number of hydrogen-bond donors (Lipinski definition) is 1. The minimum absolute atomic E-state index is 0.108. The van der Waals surface area contributed by atoms with Crippen LogP contribution in [0.5, 0.6) is 5.75 Å². The molecule has 2 rings (SSSR count). The summed E-state index contributed by atoms with van der Waals surface area (Å²) < 4.78 is 44.0. The lowest BCUT2D eigenvalue weighted by Gasteiger charge is -2.27. The molecule has 0 radical (unpaired) electrons. The number of carbonyl (C=O) groups is 2. The molecular weight excluding hydrogens is 426 g/mol. The van der Waals surface area contributed by atoms with E-state index in [-0.39, 0.29) is 31.5 Å². The lowest BCUT2D eigenvalue weighted by atomic mass is 10.0. The Morgan fingerprint density at radius 3 is 2.26 bits per heavy atom. The second-order valence-electron chi connectivity index (χ2n) is 8.11. The van der Waals surface area contributed by atoms with E-state index in [4.69, 9.17) is 11.6 Å². The Morgan fingerprint density at radius 1 is 1.00 bits per heavy atom. The standard InChI is InChI=1S/C28H41N3O3/c1-5-18-31(19-6-2)28(33)26(29-27(32)24-12-10-9-11-13-24)22-23-14-16-25(17-15-23)34-21-20-30(7-3)8-4/h9-17,26H,5-8,18-22H2,1-4H3,(H,29,32)/i3D3,7D2. The Labute approximate surface area is 212 Å². The maximum atomic E-state index is 13.5. The van der Waals surface area contributed by atoms with Gasteiger partial charge < -0.3 is 19.9 Å². The molecule has 0 aromatic heterocycles. The van der Waals surface area contributed by atoms with Crippen molar-refractivity contribution < 1.29 is 21.2 Å². The number of amides is 2. The van der Waals surface area contributed by atoms with Crippen LogP contribution < -0.4 is 10.1 Å². The summed E-state index contributed by atoms with van der Waals surface area (Å²) in [5.74, 6) is 0.116. The first kappa shape index (κ1) is 20.5. The third kappa shape index (κ3) is 8.82. The lowest BCUT2D eigenvalue weighted by molar-refractivity contribution is -0.133. The van der Waals surface area contributed by atoms with Crippen LogP contribution >= 0.6 is 0 Å². The van der Waals surface area contributed by atoms with Gasteiger partial charge >= 0.3 is 0 Å². The van der Waals surface area contributed by atoms with E-state index >= 15 is 0 Å². The molecule has 34 heavy (non-hydrogen) atoms. The molecular formula is C28H41N3O3. The summed E-state index contributed by atoms with van der Waals surface area (Å²) in [6.07, 6.45) is 1.95. The van der Waals surface area contributed by atoms with Crippen molar-refractivity contribution in [3.05, 3.63) is 65.7 Å². The fourth-order valence-electron chi connectivity index (χ4n) is 3.65. The van der Waals surface area contributed by atoms with E-state index in [1.807, 2.05) is 32.0 Å². The van der Waals surface area contributed by atoms with Gasteiger partial charge in [0, 0.05) is 38.5 Å². The van der Waals surface area contributed by atoms with Gasteiger partial charge in [0.25, 0.3) is 5.91 Å². The van der Waals surface area contributed by atoms with Crippen molar-refractivity contribution >= 4 is 11.8 Å². The molecule has 6 nitrogen and oxygen atoms in total. The summed E-state index contributed by atoms with van der Waals surface area (Å²) in [7, 11) is 0. The van der Waals surface area contributed by atoms with Gasteiger partial charge in [0.2, 0.25) is 5.91 Å². The lowest BCUT2D eigenvalue weighted by Crippen LogP contribution is -2.50. The molecule has 0 aliphatic heterocycles. The molecule has 6 heteroatoms. The highest BCUT2D eigenvalue weighted by molar-refractivity contribution is 5.97. The topological polar surface area (TPSA) is 61.9 Å². The maximum absolute atomic E-state index is 13.5. The van der Waals surface area contributed by atoms with Crippen LogP contribution in [0.25, 0.3) is 0 Å². The Kier molecular flexibility index (Phi) is 9.12. The zero-order valence-corrected chi connectivity index (χ0v) is 20.5. The minimum Gasteiger partial charge on any atom is -0.492 e. The molecule has 0 saturated carbocycles. The van der Waals surface area contributed by atoms with E-state index < -0.39 is 19.4 Å². The average Bonchev–Trinajstić information content (AvgIpc) is 2.90. The molecule has 2 aromatic rings. The summed E-state index contributed by atoms with van der Waals surface area (Å²) in [4.78, 5) is 29.4. The minimum atomic E-state index is -2.77. The van der Waals surface area contributed by atoms with Crippen LogP contribution in [-0.2, 0) is 11.2 Å². The zero-order valence-electron chi connectivity index (χ0n) is 25.5. The zero-order chi connectivity index (χ0) is 29.1. The largest absolute Gasteiger partial charge is 0.492 e. The second kappa shape index (κ2) is 15.1. The van der Waals surface area contributed by atoms with Gasteiger partial charge in [-0.25, -0.2) is 0 Å². The SMILES string of the molecule is [2H]C([2H])([2H])C([2H])([2H])N(CC)CCOc1ccc(CC(NC(=O)c2ccccc2)C(=O)N(CCC)CCC)cc1. The van der Waals surface area contributed by atoms with Crippen LogP contribution in [0.3, 0.4) is 0 Å². The number of rotatable bonds is 15. The van der Waals surface area contributed by atoms with Crippen LogP contribution in [0.1, 0.15) is 63.2 Å². The highest BCUT2D eigenvalue weighted by Gasteiger charge is 2.26. The van der Waals surface area contributed by atoms with Crippen molar-refractivity contribution in [3.8, 4) is 5.75 Å². The van der Waals surface area contributed by atoms with E-state index in [1.54, 1.807) is 48.2 Å². The average molecular weight is 473 g/mol.